The van der Waals surface area contributed by atoms with Crippen LogP contribution in [-0.2, 0) is 15.7 Å². The Labute approximate surface area is 173 Å². The number of carbonyl (C=O) groups is 1. The van der Waals surface area contributed by atoms with E-state index < -0.39 is 18.3 Å². The largest absolute Gasteiger partial charge is 0.495 e. The Morgan fingerprint density at radius 2 is 1.83 bits per heavy atom. The summed E-state index contributed by atoms with van der Waals surface area (Å²) < 4.78 is 12.5. The second-order valence-corrected chi connectivity index (χ2v) is 9.02. The molecule has 152 valence electrons. The number of nitrogens with one attached hydrogen (secondary N) is 1. The number of nitrogens with zero attached hydrogens (tertiary/aromatic N) is 1. The van der Waals surface area contributed by atoms with Gasteiger partial charge < -0.3 is 14.6 Å². The molecular weight excluding hydrogens is 363 g/mol. The summed E-state index contributed by atoms with van der Waals surface area (Å²) in [6.45, 7) is 10.3. The third-order valence-corrected chi connectivity index (χ3v) is 6.37. The number of hydrogen-bond acceptors (Lipinski definition) is 4. The zero-order chi connectivity index (χ0) is 20.8. The first-order valence-electron chi connectivity index (χ1n) is 10.5. The monoisotopic (exact) mass is 392 g/mol. The molecule has 1 aliphatic heterocycles. The third kappa shape index (κ3) is 3.84. The van der Waals surface area contributed by atoms with Crippen molar-refractivity contribution in [2.75, 3.05) is 5.32 Å². The predicted octanol–water partition coefficient (Wildman–Crippen LogP) is 4.07. The molecule has 0 radical (unpaired) electrons. The molecule has 2 heterocycles. The quantitative estimate of drug-likeness (QED) is 0.780. The minimum Gasteiger partial charge on any atom is -0.399 e. The van der Waals surface area contributed by atoms with Gasteiger partial charge in [0, 0.05) is 23.5 Å². The first-order chi connectivity index (χ1) is 13.7. The van der Waals surface area contributed by atoms with Crippen LogP contribution in [0, 0.1) is 0 Å². The predicted molar refractivity (Wildman–Crippen MR) is 116 cm³/mol. The molecule has 29 heavy (non-hydrogen) atoms. The summed E-state index contributed by atoms with van der Waals surface area (Å²) in [5, 5.41) is 3.06. The van der Waals surface area contributed by atoms with Gasteiger partial charge >= 0.3 is 7.12 Å². The Hall–Kier alpha value is -2.18. The average Bonchev–Trinajstić information content (AvgIpc) is 3.49. The first kappa shape index (κ1) is 20.1. The average molecular weight is 392 g/mol. The fraction of sp³-hybridized carbons (Fsp3) is 0.478. The first-order valence-corrected chi connectivity index (χ1v) is 10.5. The molecule has 0 atom stereocenters. The Morgan fingerprint density at radius 1 is 1.14 bits per heavy atom. The van der Waals surface area contributed by atoms with Crippen molar-refractivity contribution in [1.82, 2.24) is 4.98 Å². The molecule has 0 bridgehead atoms. The van der Waals surface area contributed by atoms with Gasteiger partial charge in [-0.2, -0.15) is 0 Å². The summed E-state index contributed by atoms with van der Waals surface area (Å²) in [7, 11) is -0.453. The number of rotatable bonds is 5. The van der Waals surface area contributed by atoms with E-state index in [1.165, 1.54) is 12.8 Å². The SMILES string of the molecule is CCc1c(NC(=O)c2ccc(C3CC3)nc2)cccc1B1OC(C)(C)C(C)(C)O1. The number of anilines is 1. The van der Waals surface area contributed by atoms with Crippen molar-refractivity contribution < 1.29 is 14.1 Å². The van der Waals surface area contributed by atoms with Gasteiger partial charge in [-0.15, -0.1) is 0 Å². The van der Waals surface area contributed by atoms with Crippen molar-refractivity contribution in [3.05, 3.63) is 53.3 Å². The van der Waals surface area contributed by atoms with Crippen molar-refractivity contribution >= 4 is 24.2 Å². The molecule has 1 N–H and O–H groups in total. The van der Waals surface area contributed by atoms with Gasteiger partial charge in [-0.25, -0.2) is 0 Å². The number of carbonyl (C=O) groups excluding carboxylic acids is 1. The lowest BCUT2D eigenvalue weighted by Gasteiger charge is -2.32. The van der Waals surface area contributed by atoms with Crippen molar-refractivity contribution in [3.63, 3.8) is 0 Å². The van der Waals surface area contributed by atoms with Crippen LogP contribution in [0.4, 0.5) is 5.69 Å². The molecule has 6 heteroatoms. The number of aromatic nitrogens is 1. The van der Waals surface area contributed by atoms with Crippen molar-refractivity contribution in [2.45, 2.75) is 71.0 Å². The maximum absolute atomic E-state index is 12.8. The zero-order valence-electron chi connectivity index (χ0n) is 17.9. The van der Waals surface area contributed by atoms with Crippen molar-refractivity contribution in [1.29, 1.82) is 0 Å². The summed E-state index contributed by atoms with van der Waals surface area (Å²) in [4.78, 5) is 17.3. The van der Waals surface area contributed by atoms with Crippen molar-refractivity contribution in [2.24, 2.45) is 0 Å². The molecule has 1 aliphatic carbocycles. The third-order valence-electron chi connectivity index (χ3n) is 6.37. The highest BCUT2D eigenvalue weighted by Crippen LogP contribution is 2.39. The molecule has 1 saturated heterocycles. The van der Waals surface area contributed by atoms with Gasteiger partial charge in [0.15, 0.2) is 0 Å². The lowest BCUT2D eigenvalue weighted by atomic mass is 9.75. The topological polar surface area (TPSA) is 60.5 Å². The van der Waals surface area contributed by atoms with Crippen LogP contribution in [0.15, 0.2) is 36.5 Å². The summed E-state index contributed by atoms with van der Waals surface area (Å²) in [6.07, 6.45) is 4.83. The maximum atomic E-state index is 12.8. The van der Waals surface area contributed by atoms with Crippen LogP contribution in [-0.4, -0.2) is 29.2 Å². The maximum Gasteiger partial charge on any atom is 0.495 e. The molecule has 2 fully saturated rings. The van der Waals surface area contributed by atoms with E-state index in [0.29, 0.717) is 11.5 Å². The summed E-state index contributed by atoms with van der Waals surface area (Å²) in [6, 6.07) is 9.71. The van der Waals surface area contributed by atoms with Crippen LogP contribution in [0.3, 0.4) is 0 Å². The van der Waals surface area contributed by atoms with Crippen LogP contribution in [0.25, 0.3) is 0 Å². The lowest BCUT2D eigenvalue weighted by molar-refractivity contribution is 0.00578. The van der Waals surface area contributed by atoms with Gasteiger partial charge in [0.05, 0.1) is 16.8 Å². The minimum atomic E-state index is -0.453. The molecule has 1 saturated carbocycles. The molecule has 4 rings (SSSR count). The second kappa shape index (κ2) is 7.26. The highest BCUT2D eigenvalue weighted by atomic mass is 16.7. The van der Waals surface area contributed by atoms with E-state index in [0.717, 1.165) is 28.8 Å². The Bertz CT molecular complexity index is 904. The standard InChI is InChI=1S/C23H29BN2O3/c1-6-17-18(24-28-22(2,3)23(4,5)29-24)8-7-9-20(17)26-21(27)16-12-13-19(25-14-16)15-10-11-15/h7-9,12-15H,6,10-11H2,1-5H3,(H,26,27). The van der Waals surface area contributed by atoms with E-state index in [1.54, 1.807) is 6.20 Å². The number of benzene rings is 1. The van der Waals surface area contributed by atoms with Crippen molar-refractivity contribution in [3.8, 4) is 0 Å². The van der Waals surface area contributed by atoms with E-state index in [9.17, 15) is 4.79 Å². The van der Waals surface area contributed by atoms with Crippen LogP contribution in [0.2, 0.25) is 0 Å². The van der Waals surface area contributed by atoms with Gasteiger partial charge in [-0.1, -0.05) is 19.1 Å². The van der Waals surface area contributed by atoms with Gasteiger partial charge in [-0.3, -0.25) is 9.78 Å². The molecule has 1 amide bonds. The van der Waals surface area contributed by atoms with E-state index >= 15 is 0 Å². The Balaban J connectivity index is 1.56. The summed E-state index contributed by atoms with van der Waals surface area (Å²) in [5.41, 5.74) is 3.62. The number of amides is 1. The van der Waals surface area contributed by atoms with Crippen LogP contribution in [0.5, 0.6) is 0 Å². The van der Waals surface area contributed by atoms with E-state index in [2.05, 4.69) is 17.2 Å². The molecule has 1 aromatic heterocycles. The normalized spacial score (nSPS) is 20.0. The van der Waals surface area contributed by atoms with E-state index in [-0.39, 0.29) is 5.91 Å². The molecule has 0 spiro atoms. The van der Waals surface area contributed by atoms with Crippen LogP contribution < -0.4 is 10.8 Å². The molecule has 1 aromatic carbocycles. The highest BCUT2D eigenvalue weighted by Gasteiger charge is 2.52. The van der Waals surface area contributed by atoms with E-state index in [4.69, 9.17) is 9.31 Å². The smallest absolute Gasteiger partial charge is 0.399 e. The van der Waals surface area contributed by atoms with Gasteiger partial charge in [0.25, 0.3) is 5.91 Å². The summed E-state index contributed by atoms with van der Waals surface area (Å²) >= 11 is 0. The van der Waals surface area contributed by atoms with Crippen LogP contribution in [0.1, 0.15) is 75.0 Å². The lowest BCUT2D eigenvalue weighted by Crippen LogP contribution is -2.41. The fourth-order valence-electron chi connectivity index (χ4n) is 3.66. The molecular formula is C23H29BN2O3. The fourth-order valence-corrected chi connectivity index (χ4v) is 3.66. The van der Waals surface area contributed by atoms with Gasteiger partial charge in [0.2, 0.25) is 0 Å². The minimum absolute atomic E-state index is 0.152. The van der Waals surface area contributed by atoms with Gasteiger partial charge in [0.1, 0.15) is 0 Å². The number of pyridine rings is 1. The number of hydrogen-bond donors (Lipinski definition) is 1. The van der Waals surface area contributed by atoms with E-state index in [1.807, 2.05) is 58.0 Å². The molecule has 2 aromatic rings. The molecule has 0 unspecified atom stereocenters. The Kier molecular flexibility index (Phi) is 5.03. The summed E-state index contributed by atoms with van der Waals surface area (Å²) in [5.74, 6) is 0.427. The Morgan fingerprint density at radius 3 is 2.38 bits per heavy atom. The zero-order valence-corrected chi connectivity index (χ0v) is 17.9. The van der Waals surface area contributed by atoms with Gasteiger partial charge in [-0.05, 0) is 76.2 Å². The molecule has 2 aliphatic rings. The highest BCUT2D eigenvalue weighted by molar-refractivity contribution is 6.62. The molecule has 5 nitrogen and oxygen atoms in total. The van der Waals surface area contributed by atoms with Crippen LogP contribution >= 0.6 is 0 Å². The second-order valence-electron chi connectivity index (χ2n) is 9.02.